The molecular formula is C14H12IN3OS. The van der Waals surface area contributed by atoms with Gasteiger partial charge < -0.3 is 9.32 Å². The van der Waals surface area contributed by atoms with E-state index in [0.717, 1.165) is 33.8 Å². The molecule has 0 spiro atoms. The van der Waals surface area contributed by atoms with E-state index >= 15 is 0 Å². The van der Waals surface area contributed by atoms with Crippen molar-refractivity contribution in [3.05, 3.63) is 37.7 Å². The number of halogens is 1. The quantitative estimate of drug-likeness (QED) is 0.575. The highest BCUT2D eigenvalue weighted by Crippen LogP contribution is 2.38. The average Bonchev–Trinajstić information content (AvgIpc) is 2.98. The minimum atomic E-state index is 0.710. The molecule has 0 aliphatic carbocycles. The van der Waals surface area contributed by atoms with Gasteiger partial charge in [0.25, 0.3) is 0 Å². The van der Waals surface area contributed by atoms with Crippen molar-refractivity contribution in [2.75, 3.05) is 13.6 Å². The predicted octanol–water partition coefficient (Wildman–Crippen LogP) is 3.56. The maximum absolute atomic E-state index is 9.38. The van der Waals surface area contributed by atoms with Crippen LogP contribution in [0.2, 0.25) is 0 Å². The molecule has 102 valence electrons. The lowest BCUT2D eigenvalue weighted by atomic mass is 10.0. The molecule has 2 aromatic rings. The Morgan fingerprint density at radius 2 is 2.40 bits per heavy atom. The number of fused-ring (bicyclic) bond motifs is 1. The molecule has 1 aliphatic heterocycles. The molecule has 0 aromatic carbocycles. The molecule has 0 atom stereocenters. The van der Waals surface area contributed by atoms with Crippen LogP contribution in [0.4, 0.5) is 5.00 Å². The fourth-order valence-electron chi connectivity index (χ4n) is 2.24. The first-order valence-electron chi connectivity index (χ1n) is 6.20. The predicted molar refractivity (Wildman–Crippen MR) is 87.8 cm³/mol. The summed E-state index contributed by atoms with van der Waals surface area (Å²) in [5.74, 6) is 0.710. The van der Waals surface area contributed by atoms with Crippen LogP contribution in [-0.2, 0) is 13.0 Å². The van der Waals surface area contributed by atoms with Crippen LogP contribution in [0.25, 0.3) is 0 Å². The number of aliphatic imine (C=N–C) groups is 1. The van der Waals surface area contributed by atoms with Crippen LogP contribution in [0, 0.1) is 15.1 Å². The second kappa shape index (κ2) is 5.68. The van der Waals surface area contributed by atoms with Crippen molar-refractivity contribution in [2.45, 2.75) is 13.0 Å². The number of nitrogens with zero attached hydrogens (tertiary/aromatic N) is 3. The van der Waals surface area contributed by atoms with Gasteiger partial charge in [0.1, 0.15) is 16.8 Å². The Bertz CT molecular complexity index is 711. The van der Waals surface area contributed by atoms with E-state index in [1.54, 1.807) is 17.6 Å². The summed E-state index contributed by atoms with van der Waals surface area (Å²) in [4.78, 5) is 7.97. The maximum atomic E-state index is 9.38. The van der Waals surface area contributed by atoms with E-state index in [9.17, 15) is 5.26 Å². The van der Waals surface area contributed by atoms with Gasteiger partial charge >= 0.3 is 0 Å². The molecular weight excluding hydrogens is 385 g/mol. The number of hydrogen-bond donors (Lipinski definition) is 0. The number of rotatable bonds is 2. The van der Waals surface area contributed by atoms with Gasteiger partial charge in [-0.1, -0.05) is 0 Å². The van der Waals surface area contributed by atoms with Crippen LogP contribution >= 0.6 is 33.9 Å². The fraction of sp³-hybridized carbons (Fsp3) is 0.286. The monoisotopic (exact) mass is 397 g/mol. The summed E-state index contributed by atoms with van der Waals surface area (Å²) in [5.41, 5.74) is 1.91. The molecule has 0 saturated carbocycles. The van der Waals surface area contributed by atoms with E-state index in [1.807, 2.05) is 12.1 Å². The van der Waals surface area contributed by atoms with Crippen molar-refractivity contribution in [1.82, 2.24) is 4.90 Å². The van der Waals surface area contributed by atoms with E-state index in [-0.39, 0.29) is 0 Å². The van der Waals surface area contributed by atoms with Gasteiger partial charge in [-0.25, -0.2) is 4.99 Å². The highest BCUT2D eigenvalue weighted by atomic mass is 127. The normalized spacial score (nSPS) is 15.4. The highest BCUT2D eigenvalue weighted by molar-refractivity contribution is 14.1. The SMILES string of the molecule is CN1CCc2c(sc(N=Cc3ccc(I)o3)c2C#N)C1. The molecule has 6 heteroatoms. The first kappa shape index (κ1) is 13.8. The van der Waals surface area contributed by atoms with Gasteiger partial charge in [0, 0.05) is 18.0 Å². The number of furan rings is 1. The van der Waals surface area contributed by atoms with Crippen molar-refractivity contribution in [3.63, 3.8) is 0 Å². The van der Waals surface area contributed by atoms with E-state index in [1.165, 1.54) is 10.4 Å². The summed E-state index contributed by atoms with van der Waals surface area (Å²) < 4.78 is 6.28. The molecule has 0 N–H and O–H groups in total. The molecule has 1 aliphatic rings. The van der Waals surface area contributed by atoms with Gasteiger partial charge in [-0.3, -0.25) is 0 Å². The van der Waals surface area contributed by atoms with Crippen molar-refractivity contribution in [3.8, 4) is 6.07 Å². The smallest absolute Gasteiger partial charge is 0.164 e. The second-order valence-electron chi connectivity index (χ2n) is 4.68. The lowest BCUT2D eigenvalue weighted by molar-refractivity contribution is 0.317. The third-order valence-corrected chi connectivity index (χ3v) is 4.95. The van der Waals surface area contributed by atoms with E-state index in [0.29, 0.717) is 5.76 Å². The number of thiophene rings is 1. The number of hydrogen-bond acceptors (Lipinski definition) is 5. The summed E-state index contributed by atoms with van der Waals surface area (Å²) in [6.07, 6.45) is 2.61. The molecule has 3 heterocycles. The van der Waals surface area contributed by atoms with E-state index < -0.39 is 0 Å². The highest BCUT2D eigenvalue weighted by Gasteiger charge is 2.22. The third kappa shape index (κ3) is 2.66. The van der Waals surface area contributed by atoms with Crippen molar-refractivity contribution >= 4 is 45.1 Å². The summed E-state index contributed by atoms with van der Waals surface area (Å²) >= 11 is 3.73. The Balaban J connectivity index is 1.94. The van der Waals surface area contributed by atoms with Crippen LogP contribution in [0.1, 0.15) is 21.8 Å². The lowest BCUT2D eigenvalue weighted by Crippen LogP contribution is -2.25. The Morgan fingerprint density at radius 3 is 3.10 bits per heavy atom. The Labute approximate surface area is 134 Å². The summed E-state index contributed by atoms with van der Waals surface area (Å²) in [6.45, 7) is 1.90. The zero-order valence-electron chi connectivity index (χ0n) is 10.9. The number of nitriles is 1. The van der Waals surface area contributed by atoms with E-state index in [4.69, 9.17) is 4.42 Å². The van der Waals surface area contributed by atoms with Gasteiger partial charge in [0.15, 0.2) is 3.77 Å². The van der Waals surface area contributed by atoms with E-state index in [2.05, 4.69) is 45.6 Å². The van der Waals surface area contributed by atoms with Crippen LogP contribution in [0.15, 0.2) is 21.5 Å². The van der Waals surface area contributed by atoms with Gasteiger partial charge in [-0.15, -0.1) is 11.3 Å². The van der Waals surface area contributed by atoms with Crippen molar-refractivity contribution in [2.24, 2.45) is 4.99 Å². The molecule has 20 heavy (non-hydrogen) atoms. The average molecular weight is 397 g/mol. The summed E-state index contributed by atoms with van der Waals surface area (Å²) in [7, 11) is 2.10. The van der Waals surface area contributed by atoms with Crippen LogP contribution in [-0.4, -0.2) is 24.7 Å². The summed E-state index contributed by atoms with van der Waals surface area (Å²) in [6, 6.07) is 6.07. The zero-order chi connectivity index (χ0) is 14.1. The molecule has 4 nitrogen and oxygen atoms in total. The molecule has 3 rings (SSSR count). The Kier molecular flexibility index (Phi) is 3.92. The minimum absolute atomic E-state index is 0.710. The Morgan fingerprint density at radius 1 is 1.55 bits per heavy atom. The zero-order valence-corrected chi connectivity index (χ0v) is 13.9. The van der Waals surface area contributed by atoms with Gasteiger partial charge in [0.2, 0.25) is 0 Å². The third-order valence-electron chi connectivity index (χ3n) is 3.24. The van der Waals surface area contributed by atoms with Gasteiger partial charge in [-0.05, 0) is 53.8 Å². The molecule has 2 aromatic heterocycles. The molecule has 0 fully saturated rings. The molecule has 0 radical (unpaired) electrons. The largest absolute Gasteiger partial charge is 0.449 e. The lowest BCUT2D eigenvalue weighted by Gasteiger charge is -2.21. The first-order chi connectivity index (χ1) is 9.67. The van der Waals surface area contributed by atoms with Gasteiger partial charge in [-0.2, -0.15) is 5.26 Å². The van der Waals surface area contributed by atoms with Gasteiger partial charge in [0.05, 0.1) is 11.8 Å². The minimum Gasteiger partial charge on any atom is -0.449 e. The molecule has 0 bridgehead atoms. The Hall–Kier alpha value is -1.17. The number of likely N-dealkylation sites (N-methyl/N-ethyl adjacent to an activating group) is 1. The summed E-state index contributed by atoms with van der Waals surface area (Å²) in [5, 5.41) is 10.2. The first-order valence-corrected chi connectivity index (χ1v) is 8.09. The van der Waals surface area contributed by atoms with Crippen molar-refractivity contribution in [1.29, 1.82) is 5.26 Å². The molecule has 0 amide bonds. The fourth-order valence-corrected chi connectivity index (χ4v) is 3.90. The topological polar surface area (TPSA) is 52.5 Å². The van der Waals surface area contributed by atoms with Crippen LogP contribution in [0.5, 0.6) is 0 Å². The van der Waals surface area contributed by atoms with Crippen LogP contribution in [0.3, 0.4) is 0 Å². The standard InChI is InChI=1S/C14H12IN3OS/c1-18-5-4-10-11(6-16)14(20-12(10)8-18)17-7-9-2-3-13(15)19-9/h2-3,7H,4-5,8H2,1H3. The molecule has 0 unspecified atom stereocenters. The molecule has 0 saturated heterocycles. The van der Waals surface area contributed by atoms with Crippen molar-refractivity contribution < 1.29 is 4.42 Å². The van der Waals surface area contributed by atoms with Crippen LogP contribution < -0.4 is 0 Å². The second-order valence-corrected chi connectivity index (χ2v) is 6.83. The maximum Gasteiger partial charge on any atom is 0.164 e.